The molecule has 2 nitrogen and oxygen atoms in total. The summed E-state index contributed by atoms with van der Waals surface area (Å²) in [5, 5.41) is 0. The second kappa shape index (κ2) is 2.98. The van der Waals surface area contributed by atoms with Crippen molar-refractivity contribution in [2.24, 2.45) is 35.3 Å². The van der Waals surface area contributed by atoms with Gasteiger partial charge in [0.2, 0.25) is 0 Å². The molecule has 1 heterocycles. The van der Waals surface area contributed by atoms with Crippen LogP contribution in [0.25, 0.3) is 0 Å². The molecule has 4 rings (SSSR count). The normalized spacial score (nSPS) is 57.4. The van der Waals surface area contributed by atoms with Crippen LogP contribution in [0.4, 0.5) is 0 Å². The second-order valence-corrected chi connectivity index (χ2v) is 6.36. The van der Waals surface area contributed by atoms with Crippen LogP contribution in [0.2, 0.25) is 0 Å². The molecule has 15 heavy (non-hydrogen) atoms. The van der Waals surface area contributed by atoms with Crippen molar-refractivity contribution in [3.05, 3.63) is 0 Å². The van der Waals surface area contributed by atoms with Crippen molar-refractivity contribution in [1.29, 1.82) is 0 Å². The van der Waals surface area contributed by atoms with E-state index in [1.807, 2.05) is 0 Å². The fourth-order valence-electron chi connectivity index (χ4n) is 5.09. The molecule has 2 bridgehead atoms. The third kappa shape index (κ3) is 1.13. The Morgan fingerprint density at radius 3 is 2.40 bits per heavy atom. The first-order chi connectivity index (χ1) is 7.38. The fourth-order valence-corrected chi connectivity index (χ4v) is 5.09. The van der Waals surface area contributed by atoms with Gasteiger partial charge in [0.1, 0.15) is 0 Å². The third-order valence-corrected chi connectivity index (χ3v) is 5.77. The van der Waals surface area contributed by atoms with E-state index in [0.717, 1.165) is 42.2 Å². The topological polar surface area (TPSA) is 29.3 Å². The summed E-state index contributed by atoms with van der Waals surface area (Å²) in [5.74, 6) is 5.31. The lowest BCUT2D eigenvalue weighted by Crippen LogP contribution is -2.29. The van der Waals surface area contributed by atoms with Crippen molar-refractivity contribution in [2.45, 2.75) is 31.7 Å². The first kappa shape index (κ1) is 9.00. The van der Waals surface area contributed by atoms with Crippen LogP contribution < -0.4 is 5.73 Å². The number of hydrogen-bond donors (Lipinski definition) is 1. The lowest BCUT2D eigenvalue weighted by Gasteiger charge is -2.20. The van der Waals surface area contributed by atoms with Crippen molar-refractivity contribution in [2.75, 3.05) is 19.6 Å². The van der Waals surface area contributed by atoms with Crippen molar-refractivity contribution in [1.82, 2.24) is 4.90 Å². The van der Waals surface area contributed by atoms with Gasteiger partial charge in [0.05, 0.1) is 0 Å². The van der Waals surface area contributed by atoms with E-state index < -0.39 is 0 Å². The first-order valence-electron chi connectivity index (χ1n) is 6.82. The van der Waals surface area contributed by atoms with E-state index in [9.17, 15) is 0 Å². The lowest BCUT2D eigenvalue weighted by molar-refractivity contribution is 0.258. The summed E-state index contributed by atoms with van der Waals surface area (Å²) < 4.78 is 0. The molecule has 2 heteroatoms. The molecule has 0 aromatic heterocycles. The summed E-state index contributed by atoms with van der Waals surface area (Å²) in [7, 11) is 0. The van der Waals surface area contributed by atoms with E-state index in [2.05, 4.69) is 4.90 Å². The highest BCUT2D eigenvalue weighted by atomic mass is 15.2. The summed E-state index contributed by atoms with van der Waals surface area (Å²) >= 11 is 0. The Hall–Kier alpha value is -0.0800. The van der Waals surface area contributed by atoms with Gasteiger partial charge >= 0.3 is 0 Å². The Labute approximate surface area is 92.2 Å². The molecule has 3 saturated carbocycles. The summed E-state index contributed by atoms with van der Waals surface area (Å²) in [5.41, 5.74) is 5.77. The monoisotopic (exact) mass is 206 g/mol. The first-order valence-corrected chi connectivity index (χ1v) is 6.82. The highest BCUT2D eigenvalue weighted by Crippen LogP contribution is 2.67. The zero-order valence-corrected chi connectivity index (χ0v) is 9.44. The van der Waals surface area contributed by atoms with Gasteiger partial charge in [-0.25, -0.2) is 0 Å². The predicted molar refractivity (Wildman–Crippen MR) is 60.3 cm³/mol. The van der Waals surface area contributed by atoms with Crippen LogP contribution in [-0.2, 0) is 0 Å². The molecule has 3 aliphatic carbocycles. The van der Waals surface area contributed by atoms with Crippen LogP contribution in [-0.4, -0.2) is 30.6 Å². The summed E-state index contributed by atoms with van der Waals surface area (Å²) in [6, 6.07) is 1.01. The molecule has 0 spiro atoms. The Balaban J connectivity index is 1.45. The fraction of sp³-hybridized carbons (Fsp3) is 1.00. The van der Waals surface area contributed by atoms with Crippen LogP contribution in [0, 0.1) is 29.6 Å². The average molecular weight is 206 g/mol. The van der Waals surface area contributed by atoms with E-state index in [1.165, 1.54) is 19.5 Å². The molecule has 5 atom stereocenters. The van der Waals surface area contributed by atoms with Gasteiger partial charge in [-0.15, -0.1) is 0 Å². The van der Waals surface area contributed by atoms with Crippen LogP contribution in [0.1, 0.15) is 25.7 Å². The van der Waals surface area contributed by atoms with E-state index in [0.29, 0.717) is 0 Å². The standard InChI is InChI=1S/C13H22N2/c14-6-8-3-4-15(7-8)13-11-9-1-2-10(5-9)12(11)13/h8-13H,1-7,14H2. The molecule has 1 aliphatic heterocycles. The van der Waals surface area contributed by atoms with Gasteiger partial charge in [-0.2, -0.15) is 0 Å². The molecule has 0 radical (unpaired) electrons. The molecular weight excluding hydrogens is 184 g/mol. The van der Waals surface area contributed by atoms with Gasteiger partial charge < -0.3 is 5.73 Å². The van der Waals surface area contributed by atoms with Gasteiger partial charge in [0, 0.05) is 12.6 Å². The molecule has 84 valence electrons. The molecule has 1 saturated heterocycles. The molecule has 0 aromatic carbocycles. The molecule has 0 aromatic rings. The molecule has 4 fully saturated rings. The van der Waals surface area contributed by atoms with Gasteiger partial charge in [0.15, 0.2) is 0 Å². The highest BCUT2D eigenvalue weighted by molar-refractivity contribution is 5.17. The SMILES string of the molecule is NCC1CCN(C2C3C4CCC(C4)C32)C1. The van der Waals surface area contributed by atoms with E-state index in [1.54, 1.807) is 19.3 Å². The summed E-state index contributed by atoms with van der Waals surface area (Å²) in [6.45, 7) is 3.57. The van der Waals surface area contributed by atoms with Crippen molar-refractivity contribution < 1.29 is 0 Å². The molecular formula is C13H22N2. The highest BCUT2D eigenvalue weighted by Gasteiger charge is 2.66. The second-order valence-electron chi connectivity index (χ2n) is 6.36. The minimum absolute atomic E-state index is 0.809. The maximum Gasteiger partial charge on any atom is 0.0164 e. The molecule has 2 N–H and O–H groups in total. The number of likely N-dealkylation sites (tertiary alicyclic amines) is 1. The van der Waals surface area contributed by atoms with Crippen LogP contribution in [0.5, 0.6) is 0 Å². The maximum absolute atomic E-state index is 5.77. The Bertz CT molecular complexity index is 262. The number of nitrogens with zero attached hydrogens (tertiary/aromatic N) is 1. The number of nitrogens with two attached hydrogens (primary N) is 1. The minimum Gasteiger partial charge on any atom is -0.330 e. The zero-order valence-electron chi connectivity index (χ0n) is 9.44. The third-order valence-electron chi connectivity index (χ3n) is 5.77. The quantitative estimate of drug-likeness (QED) is 0.738. The van der Waals surface area contributed by atoms with E-state index >= 15 is 0 Å². The van der Waals surface area contributed by atoms with Crippen LogP contribution in [0.3, 0.4) is 0 Å². The average Bonchev–Trinajstić information content (AvgIpc) is 2.72. The Morgan fingerprint density at radius 2 is 1.80 bits per heavy atom. The van der Waals surface area contributed by atoms with Crippen molar-refractivity contribution in [3.8, 4) is 0 Å². The smallest absolute Gasteiger partial charge is 0.0164 e. The molecule has 5 unspecified atom stereocenters. The maximum atomic E-state index is 5.77. The van der Waals surface area contributed by atoms with Crippen molar-refractivity contribution >= 4 is 0 Å². The lowest BCUT2D eigenvalue weighted by atomic mass is 10.0. The Kier molecular flexibility index (Phi) is 1.79. The van der Waals surface area contributed by atoms with Gasteiger partial charge in [-0.3, -0.25) is 4.90 Å². The number of hydrogen-bond acceptors (Lipinski definition) is 2. The number of rotatable bonds is 2. The van der Waals surface area contributed by atoms with Gasteiger partial charge in [-0.1, -0.05) is 0 Å². The number of fused-ring (bicyclic) bond motifs is 5. The Morgan fingerprint density at radius 1 is 1.07 bits per heavy atom. The predicted octanol–water partition coefficient (Wildman–Crippen LogP) is 1.31. The minimum atomic E-state index is 0.809. The zero-order chi connectivity index (χ0) is 9.99. The van der Waals surface area contributed by atoms with E-state index in [4.69, 9.17) is 5.73 Å². The molecule has 0 amide bonds. The van der Waals surface area contributed by atoms with Crippen molar-refractivity contribution in [3.63, 3.8) is 0 Å². The summed E-state index contributed by atoms with van der Waals surface area (Å²) in [4.78, 5) is 2.79. The van der Waals surface area contributed by atoms with Gasteiger partial charge in [-0.05, 0) is 68.4 Å². The summed E-state index contributed by atoms with van der Waals surface area (Å²) in [6.07, 6.45) is 6.05. The molecule has 4 aliphatic rings. The van der Waals surface area contributed by atoms with Crippen LogP contribution in [0.15, 0.2) is 0 Å². The van der Waals surface area contributed by atoms with Crippen LogP contribution >= 0.6 is 0 Å². The largest absolute Gasteiger partial charge is 0.330 e. The van der Waals surface area contributed by atoms with E-state index in [-0.39, 0.29) is 0 Å². The van der Waals surface area contributed by atoms with Gasteiger partial charge in [0.25, 0.3) is 0 Å².